The molecule has 5 rings (SSSR count). The lowest BCUT2D eigenvalue weighted by Gasteiger charge is -2.35. The van der Waals surface area contributed by atoms with Crippen molar-refractivity contribution < 1.29 is 50.1 Å². The summed E-state index contributed by atoms with van der Waals surface area (Å²) >= 11 is 0. The van der Waals surface area contributed by atoms with Crippen molar-refractivity contribution in [2.24, 2.45) is 5.92 Å². The smallest absolute Gasteiger partial charge is 0.406 e. The first-order chi connectivity index (χ1) is 22.4. The van der Waals surface area contributed by atoms with Crippen LogP contribution in [-0.2, 0) is 20.4 Å². The van der Waals surface area contributed by atoms with Crippen LogP contribution in [0.1, 0.15) is 66.5 Å². The molecule has 3 aliphatic heterocycles. The number of aromatic nitrogens is 2. The molecule has 3 fully saturated rings. The van der Waals surface area contributed by atoms with E-state index >= 15 is 0 Å². The molecular formula is C31H39F6N5O5. The van der Waals surface area contributed by atoms with E-state index in [1.807, 2.05) is 0 Å². The highest BCUT2D eigenvalue weighted by Gasteiger charge is 2.37. The highest BCUT2D eigenvalue weighted by molar-refractivity contribution is 5.93. The Hall–Kier alpha value is -3.21. The van der Waals surface area contributed by atoms with Gasteiger partial charge in [0.15, 0.2) is 0 Å². The molecule has 16 heteroatoms. The maximum absolute atomic E-state index is 13.8. The molecule has 0 radical (unpaired) electrons. The second kappa shape index (κ2) is 15.3. The van der Waals surface area contributed by atoms with Gasteiger partial charge < -0.3 is 34.5 Å². The van der Waals surface area contributed by atoms with E-state index in [0.29, 0.717) is 63.5 Å². The van der Waals surface area contributed by atoms with E-state index < -0.39 is 36.5 Å². The Balaban J connectivity index is 1.16. The third kappa shape index (κ3) is 9.90. The van der Waals surface area contributed by atoms with Crippen molar-refractivity contribution >= 4 is 11.7 Å². The van der Waals surface area contributed by atoms with Crippen LogP contribution in [0.15, 0.2) is 30.3 Å². The fourth-order valence-electron chi connectivity index (χ4n) is 6.19. The van der Waals surface area contributed by atoms with Gasteiger partial charge >= 0.3 is 12.5 Å². The summed E-state index contributed by atoms with van der Waals surface area (Å²) in [5.41, 5.74) is 0.301. The van der Waals surface area contributed by atoms with Gasteiger partial charge in [0.2, 0.25) is 5.82 Å². The van der Waals surface area contributed by atoms with Crippen molar-refractivity contribution in [2.75, 3.05) is 51.8 Å². The molecule has 2 aromatic rings. The quantitative estimate of drug-likeness (QED) is 0.322. The number of methoxy groups -OCH3 is 1. The van der Waals surface area contributed by atoms with Crippen molar-refractivity contribution in [1.29, 1.82) is 0 Å². The number of carbonyl (C=O) groups excluding carboxylic acids is 1. The number of alkyl halides is 6. The molecule has 4 heterocycles. The second-order valence-corrected chi connectivity index (χ2v) is 12.0. The normalized spacial score (nSPS) is 24.6. The van der Waals surface area contributed by atoms with Crippen LogP contribution in [0.5, 0.6) is 5.75 Å². The van der Waals surface area contributed by atoms with Crippen LogP contribution < -0.4 is 15.4 Å². The monoisotopic (exact) mass is 675 g/mol. The Morgan fingerprint density at radius 3 is 2.43 bits per heavy atom. The van der Waals surface area contributed by atoms with Crippen molar-refractivity contribution in [1.82, 2.24) is 20.2 Å². The average molecular weight is 676 g/mol. The highest BCUT2D eigenvalue weighted by atomic mass is 19.4. The van der Waals surface area contributed by atoms with Crippen molar-refractivity contribution in [2.45, 2.75) is 75.4 Å². The Labute approximate surface area is 268 Å². The number of anilines is 1. The first-order valence-electron chi connectivity index (χ1n) is 15.7. The van der Waals surface area contributed by atoms with E-state index in [9.17, 15) is 31.1 Å². The molecule has 3 saturated heterocycles. The minimum atomic E-state index is -4.87. The molecule has 1 unspecified atom stereocenters. The molecule has 4 atom stereocenters. The van der Waals surface area contributed by atoms with Crippen LogP contribution in [0.4, 0.5) is 32.2 Å². The Morgan fingerprint density at radius 2 is 1.74 bits per heavy atom. The van der Waals surface area contributed by atoms with Crippen LogP contribution in [0.2, 0.25) is 0 Å². The first kappa shape index (κ1) is 35.1. The van der Waals surface area contributed by atoms with Crippen LogP contribution >= 0.6 is 0 Å². The van der Waals surface area contributed by atoms with E-state index in [0.717, 1.165) is 19.4 Å². The lowest BCUT2D eigenvalue weighted by Crippen LogP contribution is -2.48. The summed E-state index contributed by atoms with van der Waals surface area (Å²) in [5, 5.41) is 6.42. The van der Waals surface area contributed by atoms with Gasteiger partial charge in [0, 0.05) is 57.9 Å². The summed E-state index contributed by atoms with van der Waals surface area (Å²) < 4.78 is 99.7. The van der Waals surface area contributed by atoms with Crippen LogP contribution in [0, 0.1) is 5.92 Å². The van der Waals surface area contributed by atoms with E-state index in [2.05, 4.69) is 25.3 Å². The standard InChI is InChI=1S/C31H39F6N5O5/c1-44-26-18-45-14-11-20(26)16-38-21-9-12-42(13-10-21)28(43)24-15-27(41-29(40-24)30(32,33)34)39-17-23-3-2-4-25(46-23)19-5-7-22(8-6-19)47-31(35,36)37/h5-8,15,20-21,23,25-26,38H,2-4,9-14,16-18H2,1H3,(H,39,40,41)/t20?,23-,25+,26-/m1/s1. The molecule has 10 nitrogen and oxygen atoms in total. The van der Waals surface area contributed by atoms with Gasteiger partial charge in [-0.2, -0.15) is 13.2 Å². The van der Waals surface area contributed by atoms with Crippen LogP contribution in [-0.4, -0.2) is 91.9 Å². The van der Waals surface area contributed by atoms with Crippen molar-refractivity contribution in [3.63, 3.8) is 0 Å². The van der Waals surface area contributed by atoms with Gasteiger partial charge in [-0.3, -0.25) is 4.79 Å². The molecule has 260 valence electrons. The zero-order chi connectivity index (χ0) is 33.6. The molecule has 2 N–H and O–H groups in total. The topological polar surface area (TPSA) is 107 Å². The number of hydrogen-bond donors (Lipinski definition) is 2. The fourth-order valence-corrected chi connectivity index (χ4v) is 6.19. The van der Waals surface area contributed by atoms with Crippen LogP contribution in [0.3, 0.4) is 0 Å². The van der Waals surface area contributed by atoms with E-state index in [1.165, 1.54) is 35.2 Å². The number of benzene rings is 1. The largest absolute Gasteiger partial charge is 0.573 e. The maximum atomic E-state index is 13.8. The summed E-state index contributed by atoms with van der Waals surface area (Å²) in [6.45, 7) is 2.83. The summed E-state index contributed by atoms with van der Waals surface area (Å²) in [4.78, 5) is 22.0. The first-order valence-corrected chi connectivity index (χ1v) is 15.7. The van der Waals surface area contributed by atoms with Gasteiger partial charge in [-0.25, -0.2) is 9.97 Å². The van der Waals surface area contributed by atoms with Gasteiger partial charge in [-0.1, -0.05) is 12.1 Å². The molecule has 0 saturated carbocycles. The van der Waals surface area contributed by atoms with Gasteiger partial charge in [0.1, 0.15) is 17.3 Å². The molecular weight excluding hydrogens is 636 g/mol. The highest BCUT2D eigenvalue weighted by Crippen LogP contribution is 2.33. The van der Waals surface area contributed by atoms with Crippen LogP contribution in [0.25, 0.3) is 0 Å². The zero-order valence-corrected chi connectivity index (χ0v) is 25.9. The number of piperidine rings is 1. The Bertz CT molecular complexity index is 1320. The Morgan fingerprint density at radius 1 is 1.00 bits per heavy atom. The van der Waals surface area contributed by atoms with Gasteiger partial charge in [0.25, 0.3) is 5.91 Å². The molecule has 0 aliphatic carbocycles. The number of amides is 1. The predicted octanol–water partition coefficient (Wildman–Crippen LogP) is 5.36. The summed E-state index contributed by atoms with van der Waals surface area (Å²) in [7, 11) is 1.67. The van der Waals surface area contributed by atoms with E-state index in [1.54, 1.807) is 7.11 Å². The fraction of sp³-hybridized carbons (Fsp3) is 0.645. The number of carbonyl (C=O) groups is 1. The van der Waals surface area contributed by atoms with Gasteiger partial charge in [0.05, 0.1) is 24.9 Å². The van der Waals surface area contributed by atoms with Gasteiger partial charge in [-0.15, -0.1) is 13.2 Å². The van der Waals surface area contributed by atoms with Crippen molar-refractivity contribution in [3.05, 3.63) is 47.4 Å². The average Bonchev–Trinajstić information content (AvgIpc) is 3.05. The molecule has 3 aliphatic rings. The lowest BCUT2D eigenvalue weighted by atomic mass is 9.95. The third-order valence-corrected chi connectivity index (χ3v) is 8.74. The molecule has 1 amide bonds. The molecule has 1 aromatic heterocycles. The molecule has 0 bridgehead atoms. The minimum absolute atomic E-state index is 0.0231. The van der Waals surface area contributed by atoms with Gasteiger partial charge in [-0.05, 0) is 56.2 Å². The number of nitrogens with zero attached hydrogens (tertiary/aromatic N) is 3. The van der Waals surface area contributed by atoms with E-state index in [4.69, 9.17) is 14.2 Å². The minimum Gasteiger partial charge on any atom is -0.406 e. The summed E-state index contributed by atoms with van der Waals surface area (Å²) in [6.07, 6.45) is -6.36. The summed E-state index contributed by atoms with van der Waals surface area (Å²) in [6, 6.07) is 6.77. The Kier molecular flexibility index (Phi) is 11.5. The summed E-state index contributed by atoms with van der Waals surface area (Å²) in [5.74, 6) is -2.21. The number of likely N-dealkylation sites (tertiary alicyclic amines) is 1. The third-order valence-electron chi connectivity index (χ3n) is 8.74. The van der Waals surface area contributed by atoms with Crippen molar-refractivity contribution in [3.8, 4) is 5.75 Å². The number of ether oxygens (including phenoxy) is 4. The number of halogens is 6. The lowest BCUT2D eigenvalue weighted by molar-refractivity contribution is -0.274. The SMILES string of the molecule is CO[C@@H]1COCCC1CNC1CCN(C(=O)c2cc(NC[C@H]3CCC[C@@H](c4ccc(OC(F)(F)F)cc4)O3)nc(C(F)(F)F)n2)CC1. The second-order valence-electron chi connectivity index (χ2n) is 12.0. The number of rotatable bonds is 10. The molecule has 47 heavy (non-hydrogen) atoms. The molecule has 1 aromatic carbocycles. The molecule has 0 spiro atoms. The van der Waals surface area contributed by atoms with E-state index in [-0.39, 0.29) is 36.0 Å². The zero-order valence-electron chi connectivity index (χ0n) is 25.9. The predicted molar refractivity (Wildman–Crippen MR) is 157 cm³/mol. The number of nitrogens with one attached hydrogen (secondary N) is 2. The maximum Gasteiger partial charge on any atom is 0.573 e. The number of hydrogen-bond acceptors (Lipinski definition) is 9.